The van der Waals surface area contributed by atoms with Gasteiger partial charge in [-0.25, -0.2) is 4.79 Å². The Morgan fingerprint density at radius 3 is 1.53 bits per heavy atom. The molecular weight excluding hydrogens is 609 g/mol. The Bertz CT molecular complexity index is 1570. The molecule has 0 N–H and O–H groups in total. The Kier molecular flexibility index (Phi) is 13.6. The first-order valence-electron chi connectivity index (χ1n) is 15.6. The number of thioether (sulfide) groups is 1. The monoisotopic (exact) mass is 648 g/mol. The van der Waals surface area contributed by atoms with Crippen LogP contribution in [0.3, 0.4) is 0 Å². The van der Waals surface area contributed by atoms with Crippen LogP contribution in [0.5, 0.6) is 0 Å². The van der Waals surface area contributed by atoms with Gasteiger partial charge in [0.1, 0.15) is 17.6 Å². The van der Waals surface area contributed by atoms with Gasteiger partial charge in [-0.3, -0.25) is 0 Å². The Morgan fingerprint density at radius 1 is 0.574 bits per heavy atom. The summed E-state index contributed by atoms with van der Waals surface area (Å²) >= 11 is 1.53. The van der Waals surface area contributed by atoms with Crippen LogP contribution in [0.2, 0.25) is 0 Å². The molecule has 47 heavy (non-hydrogen) atoms. The fourth-order valence-corrected chi connectivity index (χ4v) is 6.05. The van der Waals surface area contributed by atoms with Crippen LogP contribution in [0.1, 0.15) is 27.0 Å². The number of rotatable bonds is 18. The molecule has 242 valence electrons. The first-order chi connectivity index (χ1) is 23.2. The lowest BCUT2D eigenvalue weighted by molar-refractivity contribution is -0.167. The summed E-state index contributed by atoms with van der Waals surface area (Å²) in [6.45, 7) is 0.982. The summed E-state index contributed by atoms with van der Waals surface area (Å²) in [5, 5.41) is 0. The van der Waals surface area contributed by atoms with E-state index in [0.29, 0.717) is 18.8 Å². The minimum absolute atomic E-state index is 0.0740. The number of esters is 1. The Morgan fingerprint density at radius 2 is 1.02 bits per heavy atom. The van der Waals surface area contributed by atoms with Gasteiger partial charge in [-0.05, 0) is 41.0 Å². The van der Waals surface area contributed by atoms with E-state index < -0.39 is 29.7 Å². The number of carbonyl (C=O) groups excluding carboxylic acids is 1. The molecule has 6 nitrogen and oxygen atoms in total. The summed E-state index contributed by atoms with van der Waals surface area (Å²) in [5.41, 5.74) is 2.90. The Balaban J connectivity index is 1.50. The molecule has 0 bridgehead atoms. The molecule has 0 unspecified atom stereocenters. The van der Waals surface area contributed by atoms with Crippen LogP contribution < -0.4 is 0 Å². The fourth-order valence-electron chi connectivity index (χ4n) is 5.00. The molecule has 7 heteroatoms. The summed E-state index contributed by atoms with van der Waals surface area (Å²) < 4.78 is 32.1. The molecule has 5 rings (SSSR count). The van der Waals surface area contributed by atoms with Crippen molar-refractivity contribution in [3.8, 4) is 0 Å². The third kappa shape index (κ3) is 10.9. The number of methoxy groups -OCH3 is 1. The van der Waals surface area contributed by atoms with Crippen LogP contribution >= 0.6 is 11.8 Å². The van der Waals surface area contributed by atoms with Gasteiger partial charge in [0.15, 0.2) is 6.10 Å². The Hall–Kier alpha value is -4.24. The van der Waals surface area contributed by atoms with E-state index in [9.17, 15) is 4.79 Å². The SMILES string of the molecule is CO[C@H](Sc1ccccc1)[C@H](OCc1ccccc1)[C@H](OCc1ccccc1)[C@@H](COCc1ccccc1)OC(=O)c1ccccc1. The molecule has 0 heterocycles. The summed E-state index contributed by atoms with van der Waals surface area (Å²) in [4.78, 5) is 14.6. The lowest BCUT2D eigenvalue weighted by atomic mass is 10.1. The summed E-state index contributed by atoms with van der Waals surface area (Å²) in [6, 6.07) is 48.7. The highest BCUT2D eigenvalue weighted by atomic mass is 32.2. The first-order valence-corrected chi connectivity index (χ1v) is 16.5. The van der Waals surface area contributed by atoms with E-state index >= 15 is 0 Å². The molecule has 0 aliphatic rings. The molecule has 0 aromatic heterocycles. The zero-order valence-corrected chi connectivity index (χ0v) is 27.2. The van der Waals surface area contributed by atoms with E-state index in [1.165, 1.54) is 11.8 Å². The quantitative estimate of drug-likeness (QED) is 0.0538. The lowest BCUT2D eigenvalue weighted by Gasteiger charge is -2.36. The lowest BCUT2D eigenvalue weighted by Crippen LogP contribution is -2.50. The average molecular weight is 649 g/mol. The van der Waals surface area contributed by atoms with Crippen molar-refractivity contribution in [1.82, 2.24) is 0 Å². The highest BCUT2D eigenvalue weighted by molar-refractivity contribution is 7.99. The molecule has 5 aromatic carbocycles. The molecular formula is C40H40O6S. The van der Waals surface area contributed by atoms with E-state index in [0.717, 1.165) is 21.6 Å². The first kappa shape index (κ1) is 34.1. The van der Waals surface area contributed by atoms with Gasteiger partial charge in [-0.1, -0.05) is 139 Å². The standard InChI is InChI=1S/C40H40O6S/c1-42-40(47-35-25-15-6-16-26-35)38(45-29-33-21-11-4-12-22-33)37(44-28-32-19-9-3-10-20-32)36(30-43-27-31-17-7-2-8-18-31)46-39(41)34-23-13-5-14-24-34/h2-26,36-38,40H,27-30H2,1H3/t36-,37-,38-,40-/m1/s1. The maximum absolute atomic E-state index is 13.6. The third-order valence-corrected chi connectivity index (χ3v) is 8.66. The smallest absolute Gasteiger partial charge is 0.338 e. The molecule has 0 spiro atoms. The predicted molar refractivity (Wildman–Crippen MR) is 185 cm³/mol. The molecule has 5 aromatic rings. The van der Waals surface area contributed by atoms with Gasteiger partial charge in [0.05, 0.1) is 32.0 Å². The maximum Gasteiger partial charge on any atom is 0.338 e. The van der Waals surface area contributed by atoms with Gasteiger partial charge in [-0.2, -0.15) is 0 Å². The van der Waals surface area contributed by atoms with E-state index in [1.807, 2.05) is 140 Å². The van der Waals surface area contributed by atoms with E-state index in [-0.39, 0.29) is 13.2 Å². The van der Waals surface area contributed by atoms with Crippen LogP contribution in [0.25, 0.3) is 0 Å². The van der Waals surface area contributed by atoms with Crippen LogP contribution in [-0.4, -0.2) is 43.4 Å². The van der Waals surface area contributed by atoms with E-state index in [4.69, 9.17) is 23.7 Å². The number of hydrogen-bond donors (Lipinski definition) is 0. The molecule has 0 aliphatic carbocycles. The van der Waals surface area contributed by atoms with Crippen molar-refractivity contribution in [3.63, 3.8) is 0 Å². The van der Waals surface area contributed by atoms with Gasteiger partial charge in [0.2, 0.25) is 0 Å². The van der Waals surface area contributed by atoms with Gasteiger partial charge in [0, 0.05) is 12.0 Å². The normalized spacial score (nSPS) is 13.7. The molecule has 0 saturated heterocycles. The van der Waals surface area contributed by atoms with Crippen molar-refractivity contribution < 1.29 is 28.5 Å². The number of hydrogen-bond acceptors (Lipinski definition) is 7. The fraction of sp³-hybridized carbons (Fsp3) is 0.225. The highest BCUT2D eigenvalue weighted by Crippen LogP contribution is 2.32. The summed E-state index contributed by atoms with van der Waals surface area (Å²) in [7, 11) is 1.66. The molecule has 0 fully saturated rings. The van der Waals surface area contributed by atoms with Crippen LogP contribution in [0, 0.1) is 0 Å². The van der Waals surface area contributed by atoms with Crippen molar-refractivity contribution in [2.75, 3.05) is 13.7 Å². The molecule has 0 saturated carbocycles. The minimum Gasteiger partial charge on any atom is -0.453 e. The Labute approximate surface area is 281 Å². The molecule has 0 radical (unpaired) electrons. The third-order valence-electron chi connectivity index (χ3n) is 7.42. The number of benzene rings is 5. The minimum atomic E-state index is -0.843. The van der Waals surface area contributed by atoms with Gasteiger partial charge in [-0.15, -0.1) is 0 Å². The zero-order chi connectivity index (χ0) is 32.5. The van der Waals surface area contributed by atoms with Crippen molar-refractivity contribution in [2.45, 2.75) is 48.5 Å². The van der Waals surface area contributed by atoms with Crippen LogP contribution in [0.4, 0.5) is 0 Å². The number of carbonyl (C=O) groups is 1. The van der Waals surface area contributed by atoms with Crippen molar-refractivity contribution in [3.05, 3.63) is 174 Å². The predicted octanol–water partition coefficient (Wildman–Crippen LogP) is 8.36. The average Bonchev–Trinajstić information content (AvgIpc) is 3.14. The van der Waals surface area contributed by atoms with E-state index in [2.05, 4.69) is 0 Å². The molecule has 0 aliphatic heterocycles. The number of ether oxygens (including phenoxy) is 5. The summed E-state index contributed by atoms with van der Waals surface area (Å²) in [6.07, 6.45) is -2.29. The van der Waals surface area contributed by atoms with E-state index in [1.54, 1.807) is 19.2 Å². The molecule has 0 amide bonds. The second-order valence-corrected chi connectivity index (χ2v) is 12.0. The molecule has 4 atom stereocenters. The maximum atomic E-state index is 13.6. The second-order valence-electron chi connectivity index (χ2n) is 10.9. The van der Waals surface area contributed by atoms with Crippen LogP contribution in [-0.2, 0) is 43.5 Å². The topological polar surface area (TPSA) is 63.2 Å². The van der Waals surface area contributed by atoms with Gasteiger partial charge in [0.25, 0.3) is 0 Å². The van der Waals surface area contributed by atoms with Crippen molar-refractivity contribution in [1.29, 1.82) is 0 Å². The zero-order valence-electron chi connectivity index (χ0n) is 26.4. The van der Waals surface area contributed by atoms with Crippen molar-refractivity contribution in [2.24, 2.45) is 0 Å². The summed E-state index contributed by atoms with van der Waals surface area (Å²) in [5.74, 6) is -0.473. The van der Waals surface area contributed by atoms with Crippen molar-refractivity contribution >= 4 is 17.7 Å². The highest BCUT2D eigenvalue weighted by Gasteiger charge is 2.40. The van der Waals surface area contributed by atoms with Gasteiger partial charge >= 0.3 is 5.97 Å². The largest absolute Gasteiger partial charge is 0.453 e. The second kappa shape index (κ2) is 18.8. The van der Waals surface area contributed by atoms with Crippen LogP contribution in [0.15, 0.2) is 157 Å². The van der Waals surface area contributed by atoms with Gasteiger partial charge < -0.3 is 23.7 Å².